The maximum atomic E-state index is 13.3. The van der Waals surface area contributed by atoms with Crippen molar-refractivity contribution in [2.45, 2.75) is 77.0 Å². The molecule has 0 spiro atoms. The molecule has 2 aliphatic rings. The number of nitrogens with one attached hydrogen (secondary N) is 2. The van der Waals surface area contributed by atoms with Crippen LogP contribution in [0.3, 0.4) is 0 Å². The van der Waals surface area contributed by atoms with E-state index in [2.05, 4.69) is 35.5 Å². The first kappa shape index (κ1) is 43.5. The molecule has 0 saturated carbocycles. The number of ether oxygens (including phenoxy) is 3. The molecule has 2 aromatic heterocycles. The van der Waals surface area contributed by atoms with Gasteiger partial charge in [0.2, 0.25) is 0 Å². The summed E-state index contributed by atoms with van der Waals surface area (Å²) in [6.07, 6.45) is 3.14. The van der Waals surface area contributed by atoms with E-state index < -0.39 is 30.6 Å². The van der Waals surface area contributed by atoms with Crippen molar-refractivity contribution in [2.24, 2.45) is 0 Å². The zero-order chi connectivity index (χ0) is 41.7. The van der Waals surface area contributed by atoms with Crippen LogP contribution in [0.15, 0.2) is 73.3 Å². The van der Waals surface area contributed by atoms with Gasteiger partial charge in [0, 0.05) is 67.6 Å². The van der Waals surface area contributed by atoms with Crippen molar-refractivity contribution in [3.05, 3.63) is 84.4 Å². The van der Waals surface area contributed by atoms with Crippen molar-refractivity contribution in [3.63, 3.8) is 0 Å². The van der Waals surface area contributed by atoms with Gasteiger partial charge in [-0.3, -0.25) is 9.97 Å². The van der Waals surface area contributed by atoms with Gasteiger partial charge in [-0.1, -0.05) is 48.5 Å². The predicted octanol–water partition coefficient (Wildman–Crippen LogP) is 8.00. The number of alkyl carbamates (subject to hydrolysis) is 2. The number of hydrogen-bond acceptors (Lipinski definition) is 11. The van der Waals surface area contributed by atoms with Crippen LogP contribution in [0.5, 0.6) is 0 Å². The number of benzene rings is 2. The second-order valence-corrected chi connectivity index (χ2v) is 14.7. The number of methoxy groups -OCH3 is 1. The molecule has 58 heavy (non-hydrogen) atoms. The highest BCUT2D eigenvalue weighted by atomic mass is 19.3. The van der Waals surface area contributed by atoms with E-state index in [9.17, 15) is 27.2 Å². The summed E-state index contributed by atoms with van der Waals surface area (Å²) in [5, 5.41) is 5.74. The first-order chi connectivity index (χ1) is 27.8. The third-order valence-corrected chi connectivity index (χ3v) is 9.39. The van der Waals surface area contributed by atoms with Gasteiger partial charge in [-0.25, -0.2) is 37.1 Å². The number of hydrogen-bond donors (Lipinski definition) is 2. The Kier molecular flexibility index (Phi) is 15.6. The summed E-state index contributed by atoms with van der Waals surface area (Å²) in [6, 6.07) is 12.7. The maximum Gasteiger partial charge on any atom is 0.407 e. The number of aromatic nitrogens is 4. The van der Waals surface area contributed by atoms with E-state index in [1.807, 2.05) is 25.7 Å². The number of anilines is 2. The topological polar surface area (TPSA) is 144 Å². The van der Waals surface area contributed by atoms with Crippen molar-refractivity contribution in [1.82, 2.24) is 30.6 Å². The van der Waals surface area contributed by atoms with E-state index in [0.717, 1.165) is 25.7 Å². The third kappa shape index (κ3) is 12.7. The van der Waals surface area contributed by atoms with Crippen molar-refractivity contribution in [2.75, 3.05) is 56.3 Å². The Morgan fingerprint density at radius 3 is 1.53 bits per heavy atom. The highest BCUT2D eigenvalue weighted by Gasteiger charge is 2.26. The first-order valence-corrected chi connectivity index (χ1v) is 19.1. The van der Waals surface area contributed by atoms with Crippen LogP contribution in [0.25, 0.3) is 22.5 Å². The number of nitrogens with zero attached hydrogens (tertiary/aromatic N) is 6. The van der Waals surface area contributed by atoms with E-state index in [1.54, 1.807) is 55.9 Å². The molecule has 6 rings (SSSR count). The lowest BCUT2D eigenvalue weighted by molar-refractivity contribution is 0.0497. The molecule has 2 aliphatic heterocycles. The molecular weight excluding hydrogens is 760 g/mol. The Bertz CT molecular complexity index is 1940. The second kappa shape index (κ2) is 20.7. The Morgan fingerprint density at radius 2 is 1.12 bits per heavy atom. The summed E-state index contributed by atoms with van der Waals surface area (Å²) in [5.74, 6) is 1.27. The van der Waals surface area contributed by atoms with Crippen LogP contribution in [0, 0.1) is 0 Å². The highest BCUT2D eigenvalue weighted by molar-refractivity contribution is 5.69. The first-order valence-electron chi connectivity index (χ1n) is 19.1. The van der Waals surface area contributed by atoms with E-state index in [0.29, 0.717) is 66.9 Å². The number of rotatable bonds is 11. The number of halogens is 4. The van der Waals surface area contributed by atoms with Gasteiger partial charge in [0.15, 0.2) is 0 Å². The second-order valence-electron chi connectivity index (χ2n) is 14.7. The largest absolute Gasteiger partial charge is 0.447 e. The standard InChI is InChI=1S/C21H26F2N4O2.C20H24F2N4O3/c1-21(2,3)29-20(28)25-14-8-10-27(11-9-14)18-13-24-12-17(26-18)15-6-4-5-7-16(15)19(22)23;1-28-10-11-29-20(27)24-14-6-8-26(9-7-14)18-13-23-12-17(25-18)15-4-2-3-5-16(15)19(21)22/h4-7,12-14,19H,8-11H2,1-3H3,(H,25,28);2-5,12-14,19H,6-11H2,1H3,(H,24,27). The molecular formula is C41H50F4N8O5. The third-order valence-electron chi connectivity index (χ3n) is 9.39. The quantitative estimate of drug-likeness (QED) is 0.112. The van der Waals surface area contributed by atoms with Crippen LogP contribution >= 0.6 is 0 Å². The lowest BCUT2D eigenvalue weighted by Gasteiger charge is -2.33. The van der Waals surface area contributed by atoms with E-state index in [1.165, 1.54) is 24.5 Å². The number of amides is 2. The fourth-order valence-corrected chi connectivity index (χ4v) is 6.52. The normalized spacial score (nSPS) is 15.1. The molecule has 2 fully saturated rings. The van der Waals surface area contributed by atoms with Crippen LogP contribution in [0.1, 0.15) is 70.4 Å². The van der Waals surface area contributed by atoms with Crippen LogP contribution in [0.2, 0.25) is 0 Å². The minimum Gasteiger partial charge on any atom is -0.447 e. The van der Waals surface area contributed by atoms with Gasteiger partial charge < -0.3 is 34.6 Å². The van der Waals surface area contributed by atoms with Gasteiger partial charge in [-0.15, -0.1) is 0 Å². The van der Waals surface area contributed by atoms with Crippen molar-refractivity contribution in [1.29, 1.82) is 0 Å². The Morgan fingerprint density at radius 1 is 0.690 bits per heavy atom. The SMILES string of the molecule is CC(C)(C)OC(=O)NC1CCN(c2cncc(-c3ccccc3C(F)F)n2)CC1.COCCOC(=O)NC1CCN(c2cncc(-c3ccccc3C(F)F)n2)CC1. The maximum absolute atomic E-state index is 13.3. The van der Waals surface area contributed by atoms with Crippen molar-refractivity contribution in [3.8, 4) is 22.5 Å². The molecule has 2 N–H and O–H groups in total. The molecule has 17 heteroatoms. The number of carbonyl (C=O) groups is 2. The van der Waals surface area contributed by atoms with Gasteiger partial charge in [0.1, 0.15) is 23.8 Å². The van der Waals surface area contributed by atoms with Gasteiger partial charge in [0.25, 0.3) is 12.9 Å². The Balaban J connectivity index is 0.000000221. The molecule has 0 unspecified atom stereocenters. The smallest absolute Gasteiger partial charge is 0.407 e. The fourth-order valence-electron chi connectivity index (χ4n) is 6.52. The average Bonchev–Trinajstić information content (AvgIpc) is 3.21. The predicted molar refractivity (Wildman–Crippen MR) is 211 cm³/mol. The van der Waals surface area contributed by atoms with Gasteiger partial charge in [0.05, 0.1) is 42.8 Å². The van der Waals surface area contributed by atoms with Crippen molar-refractivity contribution < 1.29 is 41.4 Å². The van der Waals surface area contributed by atoms with E-state index >= 15 is 0 Å². The molecule has 0 bridgehead atoms. The summed E-state index contributed by atoms with van der Waals surface area (Å²) in [7, 11) is 1.54. The summed E-state index contributed by atoms with van der Waals surface area (Å²) < 4.78 is 68.4. The minimum atomic E-state index is -2.58. The summed E-state index contributed by atoms with van der Waals surface area (Å²) in [6.45, 7) is 8.73. The molecule has 312 valence electrons. The zero-order valence-corrected chi connectivity index (χ0v) is 33.0. The molecule has 2 aromatic carbocycles. The Labute approximate surface area is 335 Å². The van der Waals surface area contributed by atoms with Crippen LogP contribution in [-0.4, -0.2) is 96.3 Å². The zero-order valence-electron chi connectivity index (χ0n) is 33.0. The summed E-state index contributed by atoms with van der Waals surface area (Å²) in [5.41, 5.74) is 0.960. The average molecular weight is 811 g/mol. The van der Waals surface area contributed by atoms with E-state index in [4.69, 9.17) is 14.2 Å². The molecule has 0 atom stereocenters. The lowest BCUT2D eigenvalue weighted by Crippen LogP contribution is -2.46. The Hall–Kier alpha value is -5.58. The van der Waals surface area contributed by atoms with Crippen molar-refractivity contribution >= 4 is 23.8 Å². The molecule has 13 nitrogen and oxygen atoms in total. The van der Waals surface area contributed by atoms with Crippen LogP contribution in [0.4, 0.5) is 38.8 Å². The highest BCUT2D eigenvalue weighted by Crippen LogP contribution is 2.32. The van der Waals surface area contributed by atoms with E-state index in [-0.39, 0.29) is 29.8 Å². The van der Waals surface area contributed by atoms with Gasteiger partial charge >= 0.3 is 12.2 Å². The fraction of sp³-hybridized carbons (Fsp3) is 0.463. The van der Waals surface area contributed by atoms with Crippen LogP contribution in [-0.2, 0) is 14.2 Å². The minimum absolute atomic E-state index is 0.0111. The summed E-state index contributed by atoms with van der Waals surface area (Å²) >= 11 is 0. The summed E-state index contributed by atoms with van der Waals surface area (Å²) in [4.78, 5) is 45.3. The molecule has 0 radical (unpaired) electrons. The lowest BCUT2D eigenvalue weighted by atomic mass is 10.0. The number of carbonyl (C=O) groups excluding carboxylic acids is 2. The monoisotopic (exact) mass is 810 g/mol. The number of alkyl halides is 4. The number of piperidine rings is 2. The molecule has 2 amide bonds. The molecule has 4 aromatic rings. The van der Waals surface area contributed by atoms with Gasteiger partial charge in [-0.2, -0.15) is 0 Å². The molecule has 4 heterocycles. The molecule has 2 saturated heterocycles. The van der Waals surface area contributed by atoms with Crippen LogP contribution < -0.4 is 20.4 Å². The van der Waals surface area contributed by atoms with Gasteiger partial charge in [-0.05, 0) is 46.5 Å². The molecule has 0 aliphatic carbocycles.